The van der Waals surface area contributed by atoms with Crippen molar-refractivity contribution >= 4 is 23.2 Å². The predicted octanol–water partition coefficient (Wildman–Crippen LogP) is 3.88. The Morgan fingerprint density at radius 3 is 2.71 bits per heavy atom. The van der Waals surface area contributed by atoms with Gasteiger partial charge in [-0.1, -0.05) is 11.6 Å². The van der Waals surface area contributed by atoms with Gasteiger partial charge < -0.3 is 9.73 Å². The number of amides is 1. The molecule has 2 heterocycles. The van der Waals surface area contributed by atoms with Crippen LogP contribution in [-0.2, 0) is 0 Å². The van der Waals surface area contributed by atoms with Gasteiger partial charge in [0.1, 0.15) is 5.69 Å². The number of aromatic amines is 1. The summed E-state index contributed by atoms with van der Waals surface area (Å²) in [5.74, 6) is 0.288. The predicted molar refractivity (Wildman–Crippen MR) is 80.4 cm³/mol. The van der Waals surface area contributed by atoms with Crippen LogP contribution in [0.2, 0.25) is 5.02 Å². The van der Waals surface area contributed by atoms with Crippen LogP contribution in [0.15, 0.2) is 47.1 Å². The standard InChI is InChI=1S/C15H12ClN3O2/c1-9-13(14(19-18-9)12-3-2-8-21-12)15(20)17-11-6-4-10(16)5-7-11/h2-8H,1H3,(H,17,20)(H,18,19). The molecule has 5 nitrogen and oxygen atoms in total. The fraction of sp³-hybridized carbons (Fsp3) is 0.0667. The van der Waals surface area contributed by atoms with E-state index in [2.05, 4.69) is 15.5 Å². The molecule has 0 bridgehead atoms. The van der Waals surface area contributed by atoms with Crippen molar-refractivity contribution in [2.24, 2.45) is 0 Å². The summed E-state index contributed by atoms with van der Waals surface area (Å²) in [5.41, 5.74) is 2.28. The smallest absolute Gasteiger partial charge is 0.259 e. The molecule has 0 radical (unpaired) electrons. The SMILES string of the molecule is Cc1[nH]nc(-c2ccco2)c1C(=O)Nc1ccc(Cl)cc1. The van der Waals surface area contributed by atoms with Crippen molar-refractivity contribution in [1.29, 1.82) is 0 Å². The molecular formula is C15H12ClN3O2. The zero-order chi connectivity index (χ0) is 14.8. The Morgan fingerprint density at radius 2 is 2.05 bits per heavy atom. The maximum absolute atomic E-state index is 12.5. The van der Waals surface area contributed by atoms with Crippen LogP contribution in [0.4, 0.5) is 5.69 Å². The molecule has 1 aromatic carbocycles. The van der Waals surface area contributed by atoms with Crippen molar-refractivity contribution in [3.05, 3.63) is 58.9 Å². The number of benzene rings is 1. The van der Waals surface area contributed by atoms with Crippen molar-refractivity contribution < 1.29 is 9.21 Å². The molecule has 106 valence electrons. The molecule has 21 heavy (non-hydrogen) atoms. The van der Waals surface area contributed by atoms with Crippen molar-refractivity contribution in [3.8, 4) is 11.5 Å². The molecule has 3 aromatic rings. The summed E-state index contributed by atoms with van der Waals surface area (Å²) >= 11 is 5.83. The molecule has 0 atom stereocenters. The summed E-state index contributed by atoms with van der Waals surface area (Å²) in [4.78, 5) is 12.5. The minimum Gasteiger partial charge on any atom is -0.463 e. The van der Waals surface area contributed by atoms with Gasteiger partial charge in [0.25, 0.3) is 5.91 Å². The zero-order valence-electron chi connectivity index (χ0n) is 11.2. The van der Waals surface area contributed by atoms with Crippen LogP contribution in [0.5, 0.6) is 0 Å². The lowest BCUT2D eigenvalue weighted by atomic mass is 10.1. The summed E-state index contributed by atoms with van der Waals surface area (Å²) in [6, 6.07) is 10.4. The van der Waals surface area contributed by atoms with E-state index in [1.54, 1.807) is 49.6 Å². The summed E-state index contributed by atoms with van der Waals surface area (Å²) in [6.07, 6.45) is 1.54. The Hall–Kier alpha value is -2.53. The molecule has 0 fully saturated rings. The third-order valence-electron chi connectivity index (χ3n) is 3.03. The van der Waals surface area contributed by atoms with Crippen LogP contribution in [0.25, 0.3) is 11.5 Å². The first-order valence-corrected chi connectivity index (χ1v) is 6.68. The highest BCUT2D eigenvalue weighted by Gasteiger charge is 2.21. The number of rotatable bonds is 3. The van der Waals surface area contributed by atoms with Crippen LogP contribution < -0.4 is 5.32 Å². The van der Waals surface area contributed by atoms with Gasteiger partial charge in [0.15, 0.2) is 5.76 Å². The lowest BCUT2D eigenvalue weighted by Crippen LogP contribution is -2.13. The quantitative estimate of drug-likeness (QED) is 0.771. The molecule has 0 saturated carbocycles. The number of aryl methyl sites for hydroxylation is 1. The van der Waals surface area contributed by atoms with Crippen LogP contribution in [0.1, 0.15) is 16.1 Å². The molecule has 1 amide bonds. The van der Waals surface area contributed by atoms with Crippen LogP contribution >= 0.6 is 11.6 Å². The largest absolute Gasteiger partial charge is 0.463 e. The molecular weight excluding hydrogens is 290 g/mol. The van der Waals surface area contributed by atoms with Gasteiger partial charge >= 0.3 is 0 Å². The monoisotopic (exact) mass is 301 g/mol. The number of halogens is 1. The number of anilines is 1. The van der Waals surface area contributed by atoms with E-state index in [0.717, 1.165) is 0 Å². The Morgan fingerprint density at radius 1 is 1.29 bits per heavy atom. The average molecular weight is 302 g/mol. The number of carbonyl (C=O) groups is 1. The number of aromatic nitrogens is 2. The number of carbonyl (C=O) groups excluding carboxylic acids is 1. The topological polar surface area (TPSA) is 70.9 Å². The maximum Gasteiger partial charge on any atom is 0.259 e. The number of furan rings is 1. The average Bonchev–Trinajstić information content (AvgIpc) is 3.10. The highest BCUT2D eigenvalue weighted by molar-refractivity contribution is 6.30. The van der Waals surface area contributed by atoms with Gasteiger partial charge in [-0.25, -0.2) is 0 Å². The van der Waals surface area contributed by atoms with E-state index in [9.17, 15) is 4.79 Å². The lowest BCUT2D eigenvalue weighted by molar-refractivity contribution is 0.102. The first-order chi connectivity index (χ1) is 10.1. The van der Waals surface area contributed by atoms with Gasteiger partial charge in [0.2, 0.25) is 0 Å². The molecule has 6 heteroatoms. The fourth-order valence-corrected chi connectivity index (χ4v) is 2.15. The molecule has 0 spiro atoms. The second-order valence-corrected chi connectivity index (χ2v) is 4.95. The molecule has 3 rings (SSSR count). The minimum absolute atomic E-state index is 0.255. The maximum atomic E-state index is 12.5. The molecule has 0 aliphatic heterocycles. The van der Waals surface area contributed by atoms with Gasteiger partial charge in [-0.05, 0) is 43.3 Å². The van der Waals surface area contributed by atoms with Gasteiger partial charge in [-0.2, -0.15) is 5.10 Å². The second-order valence-electron chi connectivity index (χ2n) is 4.51. The number of hydrogen-bond donors (Lipinski definition) is 2. The molecule has 0 saturated heterocycles. The summed E-state index contributed by atoms with van der Waals surface area (Å²) in [5, 5.41) is 10.4. The van der Waals surface area contributed by atoms with E-state index in [1.165, 1.54) is 0 Å². The normalized spacial score (nSPS) is 10.6. The van der Waals surface area contributed by atoms with Crippen molar-refractivity contribution in [2.75, 3.05) is 5.32 Å². The number of hydrogen-bond acceptors (Lipinski definition) is 3. The number of nitrogens with one attached hydrogen (secondary N) is 2. The van der Waals surface area contributed by atoms with Gasteiger partial charge in [0.05, 0.1) is 11.8 Å². The van der Waals surface area contributed by atoms with E-state index in [-0.39, 0.29) is 5.91 Å². The summed E-state index contributed by atoms with van der Waals surface area (Å²) < 4.78 is 5.31. The van der Waals surface area contributed by atoms with Gasteiger partial charge in [-0.15, -0.1) is 0 Å². The molecule has 0 aliphatic carbocycles. The highest BCUT2D eigenvalue weighted by Crippen LogP contribution is 2.25. The molecule has 2 aromatic heterocycles. The first-order valence-electron chi connectivity index (χ1n) is 6.31. The van der Waals surface area contributed by atoms with E-state index in [4.69, 9.17) is 16.0 Å². The van der Waals surface area contributed by atoms with E-state index in [0.29, 0.717) is 33.4 Å². The van der Waals surface area contributed by atoms with Gasteiger partial charge in [-0.3, -0.25) is 9.89 Å². The number of nitrogens with zero attached hydrogens (tertiary/aromatic N) is 1. The van der Waals surface area contributed by atoms with Crippen molar-refractivity contribution in [2.45, 2.75) is 6.92 Å². The van der Waals surface area contributed by atoms with Crippen LogP contribution in [0.3, 0.4) is 0 Å². The molecule has 2 N–H and O–H groups in total. The Labute approximate surface area is 125 Å². The third kappa shape index (κ3) is 2.68. The second kappa shape index (κ2) is 5.46. The summed E-state index contributed by atoms with van der Waals surface area (Å²) in [6.45, 7) is 1.79. The van der Waals surface area contributed by atoms with E-state index < -0.39 is 0 Å². The first kappa shape index (κ1) is 13.5. The highest BCUT2D eigenvalue weighted by atomic mass is 35.5. The molecule has 0 aliphatic rings. The summed E-state index contributed by atoms with van der Waals surface area (Å²) in [7, 11) is 0. The van der Waals surface area contributed by atoms with Crippen molar-refractivity contribution in [3.63, 3.8) is 0 Å². The number of H-pyrrole nitrogens is 1. The van der Waals surface area contributed by atoms with E-state index in [1.807, 2.05) is 0 Å². The Kier molecular flexibility index (Phi) is 3.50. The van der Waals surface area contributed by atoms with Crippen LogP contribution in [0, 0.1) is 6.92 Å². The third-order valence-corrected chi connectivity index (χ3v) is 3.28. The van der Waals surface area contributed by atoms with Crippen molar-refractivity contribution in [1.82, 2.24) is 10.2 Å². The Bertz CT molecular complexity index is 761. The Balaban J connectivity index is 1.91. The van der Waals surface area contributed by atoms with Gasteiger partial charge in [0, 0.05) is 16.4 Å². The minimum atomic E-state index is -0.255. The van der Waals surface area contributed by atoms with Crippen LogP contribution in [-0.4, -0.2) is 16.1 Å². The molecule has 0 unspecified atom stereocenters. The van der Waals surface area contributed by atoms with E-state index >= 15 is 0 Å². The zero-order valence-corrected chi connectivity index (χ0v) is 11.9. The fourth-order valence-electron chi connectivity index (χ4n) is 2.03. The lowest BCUT2D eigenvalue weighted by Gasteiger charge is -2.05.